The van der Waals surface area contributed by atoms with Crippen LogP contribution < -0.4 is 10.6 Å². The summed E-state index contributed by atoms with van der Waals surface area (Å²) in [5.74, 6) is -1.38. The third-order valence-electron chi connectivity index (χ3n) is 2.96. The molecule has 1 aromatic carbocycles. The molecule has 0 aliphatic heterocycles. The first kappa shape index (κ1) is 16.0. The number of hydrogen-bond acceptors (Lipinski definition) is 3. The van der Waals surface area contributed by atoms with Gasteiger partial charge in [-0.2, -0.15) is 0 Å². The summed E-state index contributed by atoms with van der Waals surface area (Å²) >= 11 is 5.64. The van der Waals surface area contributed by atoms with Crippen molar-refractivity contribution in [1.29, 1.82) is 0 Å². The monoisotopic (exact) mass is 317 g/mol. The maximum atomic E-state index is 11.7. The fourth-order valence-electron chi connectivity index (χ4n) is 1.86. The number of benzene rings is 1. The van der Waals surface area contributed by atoms with Crippen molar-refractivity contribution in [2.75, 3.05) is 11.9 Å². The molecule has 6 heteroatoms. The van der Waals surface area contributed by atoms with Crippen molar-refractivity contribution in [3.8, 4) is 0 Å². The van der Waals surface area contributed by atoms with Crippen LogP contribution in [-0.2, 0) is 16.0 Å². The van der Waals surface area contributed by atoms with Crippen LogP contribution in [0, 0.1) is 0 Å². The second-order valence-electron chi connectivity index (χ2n) is 4.67. The van der Waals surface area contributed by atoms with Gasteiger partial charge in [0.05, 0.1) is 11.9 Å². The molecule has 114 valence electrons. The van der Waals surface area contributed by atoms with E-state index in [4.69, 9.17) is 11.6 Å². The van der Waals surface area contributed by atoms with E-state index < -0.39 is 11.8 Å². The van der Waals surface area contributed by atoms with Gasteiger partial charge in [0, 0.05) is 6.54 Å². The molecule has 0 saturated carbocycles. The van der Waals surface area contributed by atoms with Crippen LogP contribution in [0.2, 0.25) is 5.15 Å². The molecule has 2 N–H and O–H groups in total. The molecule has 0 radical (unpaired) electrons. The molecule has 5 nitrogen and oxygen atoms in total. The Balaban J connectivity index is 1.70. The largest absolute Gasteiger partial charge is 0.348 e. The van der Waals surface area contributed by atoms with E-state index in [0.717, 1.165) is 12.8 Å². The minimum Gasteiger partial charge on any atom is -0.348 e. The fourth-order valence-corrected chi connectivity index (χ4v) is 1.97. The minimum atomic E-state index is -0.719. The second kappa shape index (κ2) is 8.14. The Kier molecular flexibility index (Phi) is 5.91. The molecular formula is C16H16ClN3O2. The summed E-state index contributed by atoms with van der Waals surface area (Å²) in [6.07, 6.45) is 3.01. The van der Waals surface area contributed by atoms with Gasteiger partial charge < -0.3 is 10.6 Å². The van der Waals surface area contributed by atoms with Gasteiger partial charge in [-0.05, 0) is 30.5 Å². The first-order valence-electron chi connectivity index (χ1n) is 6.90. The van der Waals surface area contributed by atoms with Gasteiger partial charge in [0.15, 0.2) is 0 Å². The van der Waals surface area contributed by atoms with Crippen LogP contribution in [0.25, 0.3) is 0 Å². The minimum absolute atomic E-state index is 0.323. The number of rotatable bonds is 5. The lowest BCUT2D eigenvalue weighted by Gasteiger charge is -2.06. The summed E-state index contributed by atoms with van der Waals surface area (Å²) in [7, 11) is 0. The third kappa shape index (κ3) is 5.18. The van der Waals surface area contributed by atoms with Gasteiger partial charge in [0.25, 0.3) is 0 Å². The van der Waals surface area contributed by atoms with Gasteiger partial charge in [-0.25, -0.2) is 4.98 Å². The number of anilines is 1. The van der Waals surface area contributed by atoms with Gasteiger partial charge in [0.1, 0.15) is 5.15 Å². The van der Waals surface area contributed by atoms with Crippen molar-refractivity contribution < 1.29 is 9.59 Å². The number of halogens is 1. The number of carbonyl (C=O) groups is 2. The molecule has 0 saturated heterocycles. The van der Waals surface area contributed by atoms with Crippen molar-refractivity contribution in [3.63, 3.8) is 0 Å². The van der Waals surface area contributed by atoms with Crippen molar-refractivity contribution in [2.24, 2.45) is 0 Å². The molecule has 0 aliphatic carbocycles. The molecule has 2 amide bonds. The quantitative estimate of drug-likeness (QED) is 0.505. The molecule has 22 heavy (non-hydrogen) atoms. The molecule has 0 aliphatic rings. The van der Waals surface area contributed by atoms with Crippen molar-refractivity contribution in [3.05, 3.63) is 59.4 Å². The van der Waals surface area contributed by atoms with E-state index >= 15 is 0 Å². The third-order valence-corrected chi connectivity index (χ3v) is 3.19. The molecule has 2 rings (SSSR count). The molecule has 1 aromatic heterocycles. The summed E-state index contributed by atoms with van der Waals surface area (Å²) in [6.45, 7) is 0.444. The van der Waals surface area contributed by atoms with E-state index in [9.17, 15) is 9.59 Å². The smallest absolute Gasteiger partial charge is 0.313 e. The average Bonchev–Trinajstić information content (AvgIpc) is 2.54. The first-order chi connectivity index (χ1) is 10.6. The van der Waals surface area contributed by atoms with E-state index in [0.29, 0.717) is 17.4 Å². The lowest BCUT2D eigenvalue weighted by molar-refractivity contribution is -0.136. The standard InChI is InChI=1S/C16H16ClN3O2/c17-14-9-8-13(11-19-14)20-16(22)15(21)18-10-4-7-12-5-2-1-3-6-12/h1-3,5-6,8-9,11H,4,7,10H2,(H,18,21)(H,20,22). The zero-order valence-electron chi connectivity index (χ0n) is 11.9. The van der Waals surface area contributed by atoms with Crippen LogP contribution in [0.5, 0.6) is 0 Å². The Morgan fingerprint density at radius 2 is 1.82 bits per heavy atom. The van der Waals surface area contributed by atoms with E-state index in [1.54, 1.807) is 6.07 Å². The predicted octanol–water partition coefficient (Wildman–Crippen LogP) is 2.42. The highest BCUT2D eigenvalue weighted by atomic mass is 35.5. The zero-order valence-corrected chi connectivity index (χ0v) is 12.6. The van der Waals surface area contributed by atoms with E-state index in [1.165, 1.54) is 17.8 Å². The van der Waals surface area contributed by atoms with Crippen molar-refractivity contribution >= 4 is 29.1 Å². The molecule has 0 atom stereocenters. The van der Waals surface area contributed by atoms with Crippen LogP contribution in [0.4, 0.5) is 5.69 Å². The SMILES string of the molecule is O=C(NCCCc1ccccc1)C(=O)Nc1ccc(Cl)nc1. The van der Waals surface area contributed by atoms with Gasteiger partial charge >= 0.3 is 11.8 Å². The molecule has 0 fully saturated rings. The van der Waals surface area contributed by atoms with Crippen LogP contribution in [0.3, 0.4) is 0 Å². The maximum absolute atomic E-state index is 11.7. The first-order valence-corrected chi connectivity index (χ1v) is 7.27. The second-order valence-corrected chi connectivity index (χ2v) is 5.06. The number of hydrogen-bond donors (Lipinski definition) is 2. The van der Waals surface area contributed by atoms with Gasteiger partial charge in [-0.15, -0.1) is 0 Å². The van der Waals surface area contributed by atoms with Gasteiger partial charge in [-0.3, -0.25) is 9.59 Å². The average molecular weight is 318 g/mol. The van der Waals surface area contributed by atoms with E-state index in [-0.39, 0.29) is 0 Å². The highest BCUT2D eigenvalue weighted by Crippen LogP contribution is 2.09. The molecular weight excluding hydrogens is 302 g/mol. The Labute approximate surface area is 133 Å². The highest BCUT2D eigenvalue weighted by molar-refractivity contribution is 6.39. The summed E-state index contributed by atoms with van der Waals surface area (Å²) < 4.78 is 0. The molecule has 0 spiro atoms. The zero-order chi connectivity index (χ0) is 15.8. The summed E-state index contributed by atoms with van der Waals surface area (Å²) in [5, 5.41) is 5.36. The van der Waals surface area contributed by atoms with Crippen LogP contribution in [-0.4, -0.2) is 23.3 Å². The van der Waals surface area contributed by atoms with E-state index in [1.807, 2.05) is 30.3 Å². The fraction of sp³-hybridized carbons (Fsp3) is 0.188. The van der Waals surface area contributed by atoms with Crippen LogP contribution >= 0.6 is 11.6 Å². The molecule has 0 unspecified atom stereocenters. The van der Waals surface area contributed by atoms with Gasteiger partial charge in [0.2, 0.25) is 0 Å². The van der Waals surface area contributed by atoms with Crippen molar-refractivity contribution in [2.45, 2.75) is 12.8 Å². The number of aromatic nitrogens is 1. The number of nitrogens with one attached hydrogen (secondary N) is 2. The Morgan fingerprint density at radius 3 is 2.50 bits per heavy atom. The number of amides is 2. The lowest BCUT2D eigenvalue weighted by Crippen LogP contribution is -2.36. The highest BCUT2D eigenvalue weighted by Gasteiger charge is 2.12. The molecule has 0 bridgehead atoms. The van der Waals surface area contributed by atoms with Crippen LogP contribution in [0.15, 0.2) is 48.7 Å². The predicted molar refractivity (Wildman–Crippen MR) is 85.6 cm³/mol. The molecule has 2 aromatic rings. The van der Waals surface area contributed by atoms with E-state index in [2.05, 4.69) is 15.6 Å². The lowest BCUT2D eigenvalue weighted by atomic mass is 10.1. The van der Waals surface area contributed by atoms with Crippen molar-refractivity contribution in [1.82, 2.24) is 10.3 Å². The molecule has 1 heterocycles. The Morgan fingerprint density at radius 1 is 1.05 bits per heavy atom. The normalized spacial score (nSPS) is 10.0. The number of nitrogens with zero attached hydrogens (tertiary/aromatic N) is 1. The Hall–Kier alpha value is -2.40. The number of carbonyl (C=O) groups excluding carboxylic acids is 2. The summed E-state index contributed by atoms with van der Waals surface area (Å²) in [6, 6.07) is 13.1. The summed E-state index contributed by atoms with van der Waals surface area (Å²) in [4.78, 5) is 27.2. The summed E-state index contributed by atoms with van der Waals surface area (Å²) in [5.41, 5.74) is 1.63. The maximum Gasteiger partial charge on any atom is 0.313 e. The number of aryl methyl sites for hydroxylation is 1. The Bertz CT molecular complexity index is 630. The topological polar surface area (TPSA) is 71.1 Å². The van der Waals surface area contributed by atoms with Gasteiger partial charge in [-0.1, -0.05) is 41.9 Å². The van der Waals surface area contributed by atoms with Crippen LogP contribution in [0.1, 0.15) is 12.0 Å². The number of pyridine rings is 1.